The van der Waals surface area contributed by atoms with E-state index in [1.165, 1.54) is 6.92 Å². The van der Waals surface area contributed by atoms with Gasteiger partial charge in [-0.2, -0.15) is 5.10 Å². The fraction of sp³-hybridized carbons (Fsp3) is 0.286. The summed E-state index contributed by atoms with van der Waals surface area (Å²) in [6, 6.07) is 3.42. The van der Waals surface area contributed by atoms with E-state index in [2.05, 4.69) is 37.0 Å². The molecule has 5 nitrogen and oxygen atoms in total. The van der Waals surface area contributed by atoms with E-state index < -0.39 is 0 Å². The molecule has 1 heterocycles. The largest absolute Gasteiger partial charge is 0.484 e. The van der Waals surface area contributed by atoms with Crippen LogP contribution in [0.25, 0.3) is 0 Å². The number of benzene rings is 1. The number of ether oxygens (including phenoxy) is 1. The lowest BCUT2D eigenvalue weighted by atomic mass is 10.1. The number of aryl methyl sites for hydroxylation is 2. The van der Waals surface area contributed by atoms with Gasteiger partial charge < -0.3 is 10.5 Å². The minimum atomic E-state index is -0.0988. The lowest BCUT2D eigenvalue weighted by Crippen LogP contribution is -2.08. The Morgan fingerprint density at radius 1 is 1.43 bits per heavy atom. The Hall–Kier alpha value is -1.34. The highest BCUT2D eigenvalue weighted by atomic mass is 79.9. The van der Waals surface area contributed by atoms with Crippen LogP contribution in [0.5, 0.6) is 5.75 Å². The van der Waals surface area contributed by atoms with Gasteiger partial charge in [0, 0.05) is 11.5 Å². The monoisotopic (exact) mass is 415 g/mol. The molecule has 0 spiro atoms. The lowest BCUT2D eigenvalue weighted by molar-refractivity contribution is 0.101. The zero-order valence-electron chi connectivity index (χ0n) is 11.9. The highest BCUT2D eigenvalue weighted by molar-refractivity contribution is 9.10. The van der Waals surface area contributed by atoms with Crippen LogP contribution in [0.3, 0.4) is 0 Å². The summed E-state index contributed by atoms with van der Waals surface area (Å²) < 4.78 is 9.16. The molecule has 0 bridgehead atoms. The first-order chi connectivity index (χ1) is 9.81. The molecule has 21 heavy (non-hydrogen) atoms. The summed E-state index contributed by atoms with van der Waals surface area (Å²) in [5.74, 6) is 0.301. The van der Waals surface area contributed by atoms with Crippen molar-refractivity contribution in [3.05, 3.63) is 38.0 Å². The van der Waals surface area contributed by atoms with E-state index in [1.54, 1.807) is 16.8 Å². The van der Waals surface area contributed by atoms with Gasteiger partial charge in [0.1, 0.15) is 6.61 Å². The summed E-state index contributed by atoms with van der Waals surface area (Å²) >= 11 is 6.81. The number of hydrogen-bond donors (Lipinski definition) is 1. The highest BCUT2D eigenvalue weighted by Crippen LogP contribution is 2.32. The van der Waals surface area contributed by atoms with Crippen LogP contribution in [0.1, 0.15) is 28.7 Å². The van der Waals surface area contributed by atoms with Crippen LogP contribution in [0.4, 0.5) is 5.69 Å². The maximum absolute atomic E-state index is 11.7. The van der Waals surface area contributed by atoms with Gasteiger partial charge in [-0.25, -0.2) is 0 Å². The number of carbonyl (C=O) groups excluding carboxylic acids is 1. The number of halogens is 2. The molecule has 2 aromatic rings. The average Bonchev–Trinajstić information content (AvgIpc) is 2.62. The summed E-state index contributed by atoms with van der Waals surface area (Å²) in [4.78, 5) is 11.7. The molecule has 0 unspecified atom stereocenters. The zero-order chi connectivity index (χ0) is 15.7. The van der Waals surface area contributed by atoms with Gasteiger partial charge >= 0.3 is 0 Å². The van der Waals surface area contributed by atoms with Crippen molar-refractivity contribution in [2.45, 2.75) is 20.5 Å². The van der Waals surface area contributed by atoms with Crippen LogP contribution in [-0.2, 0) is 13.7 Å². The molecule has 0 radical (unpaired) electrons. The standard InChI is InChI=1S/C14H15Br2N3O2/c1-7-13(16)12(19(3)18-7)6-21-14-10(8(2)20)4-9(15)5-11(14)17/h4-5H,6,17H2,1-3H3. The number of hydrogen-bond acceptors (Lipinski definition) is 4. The number of carbonyl (C=O) groups is 1. The van der Waals surface area contributed by atoms with Crippen molar-refractivity contribution in [2.75, 3.05) is 5.73 Å². The summed E-state index contributed by atoms with van der Waals surface area (Å²) in [5, 5.41) is 4.30. The third kappa shape index (κ3) is 3.29. The first-order valence-corrected chi connectivity index (χ1v) is 7.80. The lowest BCUT2D eigenvalue weighted by Gasteiger charge is -2.13. The molecule has 1 aromatic carbocycles. The number of Topliss-reactive ketones (excluding diaryl/α,β-unsaturated/α-hetero) is 1. The number of aromatic nitrogens is 2. The van der Waals surface area contributed by atoms with Crippen LogP contribution in [-0.4, -0.2) is 15.6 Å². The molecular formula is C14H15Br2N3O2. The summed E-state index contributed by atoms with van der Waals surface area (Å²) in [6.45, 7) is 3.66. The quantitative estimate of drug-likeness (QED) is 0.610. The van der Waals surface area contributed by atoms with Gasteiger partial charge in [-0.1, -0.05) is 15.9 Å². The Labute approximate surface area is 139 Å². The van der Waals surface area contributed by atoms with Crippen molar-refractivity contribution in [1.82, 2.24) is 9.78 Å². The number of rotatable bonds is 4. The van der Waals surface area contributed by atoms with Crippen molar-refractivity contribution in [3.63, 3.8) is 0 Å². The summed E-state index contributed by atoms with van der Waals surface area (Å²) in [7, 11) is 1.84. The van der Waals surface area contributed by atoms with E-state index >= 15 is 0 Å². The van der Waals surface area contributed by atoms with Gasteiger partial charge in [0.25, 0.3) is 0 Å². The summed E-state index contributed by atoms with van der Waals surface area (Å²) in [6.07, 6.45) is 0. The zero-order valence-corrected chi connectivity index (χ0v) is 15.1. The maximum atomic E-state index is 11.7. The van der Waals surface area contributed by atoms with Crippen LogP contribution in [0, 0.1) is 6.92 Å². The molecule has 7 heteroatoms. The molecule has 0 amide bonds. The van der Waals surface area contributed by atoms with Crippen molar-refractivity contribution in [2.24, 2.45) is 7.05 Å². The predicted octanol–water partition coefficient (Wildman–Crippen LogP) is 3.62. The normalized spacial score (nSPS) is 10.7. The van der Waals surface area contributed by atoms with E-state index in [4.69, 9.17) is 10.5 Å². The number of anilines is 1. The van der Waals surface area contributed by atoms with Gasteiger partial charge in [-0.05, 0) is 41.9 Å². The molecule has 0 aliphatic carbocycles. The topological polar surface area (TPSA) is 70.1 Å². The Morgan fingerprint density at radius 3 is 2.62 bits per heavy atom. The van der Waals surface area contributed by atoms with Gasteiger partial charge in [0.2, 0.25) is 0 Å². The van der Waals surface area contributed by atoms with E-state index in [0.717, 1.165) is 20.3 Å². The number of nitrogens with two attached hydrogens (primary N) is 1. The Bertz CT molecular complexity index is 711. The average molecular weight is 417 g/mol. The third-order valence-corrected chi connectivity index (χ3v) is 4.57. The minimum Gasteiger partial charge on any atom is -0.484 e. The second kappa shape index (κ2) is 6.19. The van der Waals surface area contributed by atoms with Gasteiger partial charge in [0.15, 0.2) is 11.5 Å². The highest BCUT2D eigenvalue weighted by Gasteiger charge is 2.16. The Kier molecular flexibility index (Phi) is 4.73. The fourth-order valence-electron chi connectivity index (χ4n) is 2.01. The molecule has 0 atom stereocenters. The first kappa shape index (κ1) is 16.0. The van der Waals surface area contributed by atoms with E-state index in [-0.39, 0.29) is 12.4 Å². The molecule has 1 aromatic heterocycles. The van der Waals surface area contributed by atoms with Crippen LogP contribution in [0.2, 0.25) is 0 Å². The van der Waals surface area contributed by atoms with Crippen LogP contribution < -0.4 is 10.5 Å². The number of nitrogens with zero attached hydrogens (tertiary/aromatic N) is 2. The number of ketones is 1. The van der Waals surface area contributed by atoms with Crippen molar-refractivity contribution in [3.8, 4) is 5.75 Å². The predicted molar refractivity (Wildman–Crippen MR) is 88.5 cm³/mol. The second-order valence-electron chi connectivity index (χ2n) is 4.69. The van der Waals surface area contributed by atoms with Crippen molar-refractivity contribution >= 4 is 43.3 Å². The molecule has 0 saturated heterocycles. The Morgan fingerprint density at radius 2 is 2.10 bits per heavy atom. The maximum Gasteiger partial charge on any atom is 0.163 e. The molecule has 112 valence electrons. The first-order valence-electron chi connectivity index (χ1n) is 6.22. The fourth-order valence-corrected chi connectivity index (χ4v) is 2.94. The SMILES string of the molecule is CC(=O)c1cc(Br)cc(N)c1OCc1c(Br)c(C)nn1C. The molecular weight excluding hydrogens is 402 g/mol. The Balaban J connectivity index is 2.34. The third-order valence-electron chi connectivity index (χ3n) is 3.08. The van der Waals surface area contributed by atoms with Gasteiger partial charge in [-0.15, -0.1) is 0 Å². The minimum absolute atomic E-state index is 0.0988. The van der Waals surface area contributed by atoms with Crippen LogP contribution in [0.15, 0.2) is 21.1 Å². The van der Waals surface area contributed by atoms with E-state index in [0.29, 0.717) is 17.0 Å². The molecule has 0 aliphatic heterocycles. The van der Waals surface area contributed by atoms with Gasteiger partial charge in [-0.3, -0.25) is 9.48 Å². The van der Waals surface area contributed by atoms with E-state index in [1.807, 2.05) is 14.0 Å². The van der Waals surface area contributed by atoms with Crippen LogP contribution >= 0.6 is 31.9 Å². The van der Waals surface area contributed by atoms with E-state index in [9.17, 15) is 4.79 Å². The smallest absolute Gasteiger partial charge is 0.163 e. The molecule has 0 fully saturated rings. The second-order valence-corrected chi connectivity index (χ2v) is 6.39. The molecule has 0 saturated carbocycles. The number of nitrogen functional groups attached to an aromatic ring is 1. The molecule has 2 rings (SSSR count). The summed E-state index contributed by atoms with van der Waals surface area (Å²) in [5.41, 5.74) is 8.60. The molecule has 2 N–H and O–H groups in total. The molecule has 0 aliphatic rings. The van der Waals surface area contributed by atoms with Gasteiger partial charge in [0.05, 0.1) is 27.1 Å². The van der Waals surface area contributed by atoms with Crippen molar-refractivity contribution < 1.29 is 9.53 Å². The van der Waals surface area contributed by atoms with Crippen molar-refractivity contribution in [1.29, 1.82) is 0 Å².